The summed E-state index contributed by atoms with van der Waals surface area (Å²) in [6, 6.07) is 0.371. The molecule has 1 saturated carbocycles. The molecule has 1 aliphatic rings. The molecule has 1 aromatic heterocycles. The minimum Gasteiger partial charge on any atom is -0.372 e. The van der Waals surface area contributed by atoms with Crippen LogP contribution in [0.4, 0.5) is 5.82 Å². The van der Waals surface area contributed by atoms with E-state index in [0.717, 1.165) is 19.4 Å². The molecule has 0 saturated heterocycles. The van der Waals surface area contributed by atoms with Gasteiger partial charge < -0.3 is 10.2 Å². The van der Waals surface area contributed by atoms with Gasteiger partial charge in [-0.1, -0.05) is 26.7 Å². The molecule has 2 rings (SSSR count). The molecule has 1 heterocycles. The molecule has 5 heteroatoms. The lowest BCUT2D eigenvalue weighted by molar-refractivity contribution is 0.0649. The van der Waals surface area contributed by atoms with Crippen LogP contribution in [-0.2, 0) is 0 Å². The highest BCUT2D eigenvalue weighted by molar-refractivity contribution is 5.92. The molecular formula is C15H24N4O. The van der Waals surface area contributed by atoms with E-state index in [4.69, 9.17) is 0 Å². The van der Waals surface area contributed by atoms with E-state index < -0.39 is 0 Å². The van der Waals surface area contributed by atoms with Gasteiger partial charge in [0.1, 0.15) is 11.5 Å². The number of nitrogens with one attached hydrogen (secondary N) is 1. The minimum atomic E-state index is 0.0146. The number of hydrogen-bond donors (Lipinski definition) is 1. The number of carbonyl (C=O) groups excluding carboxylic acids is 1. The van der Waals surface area contributed by atoms with Crippen LogP contribution in [0.5, 0.6) is 0 Å². The molecule has 0 radical (unpaired) electrons. The zero-order valence-electron chi connectivity index (χ0n) is 12.6. The Morgan fingerprint density at radius 3 is 2.55 bits per heavy atom. The number of rotatable bonds is 5. The van der Waals surface area contributed by atoms with Crippen LogP contribution in [0.3, 0.4) is 0 Å². The summed E-state index contributed by atoms with van der Waals surface area (Å²) >= 11 is 0. The van der Waals surface area contributed by atoms with Crippen molar-refractivity contribution in [3.8, 4) is 0 Å². The Morgan fingerprint density at radius 1 is 1.35 bits per heavy atom. The third-order valence-corrected chi connectivity index (χ3v) is 3.72. The first-order chi connectivity index (χ1) is 9.61. The van der Waals surface area contributed by atoms with Crippen LogP contribution >= 0.6 is 0 Å². The summed E-state index contributed by atoms with van der Waals surface area (Å²) in [6.07, 6.45) is 7.83. The number of carbonyl (C=O) groups is 1. The van der Waals surface area contributed by atoms with E-state index in [1.54, 1.807) is 19.4 Å². The van der Waals surface area contributed by atoms with Crippen LogP contribution in [0.15, 0.2) is 12.4 Å². The Hall–Kier alpha value is -1.65. The maximum Gasteiger partial charge on any atom is 0.274 e. The maximum atomic E-state index is 12.7. The van der Waals surface area contributed by atoms with Gasteiger partial charge in [0, 0.05) is 19.6 Å². The van der Waals surface area contributed by atoms with Crippen molar-refractivity contribution in [2.75, 3.05) is 18.9 Å². The summed E-state index contributed by atoms with van der Waals surface area (Å²) in [7, 11) is 1.79. The van der Waals surface area contributed by atoms with Gasteiger partial charge in [0.15, 0.2) is 0 Å². The van der Waals surface area contributed by atoms with Crippen molar-refractivity contribution in [3.05, 3.63) is 18.1 Å². The van der Waals surface area contributed by atoms with Crippen molar-refractivity contribution >= 4 is 11.7 Å². The summed E-state index contributed by atoms with van der Waals surface area (Å²) < 4.78 is 0. The number of anilines is 1. The predicted molar refractivity (Wildman–Crippen MR) is 79.7 cm³/mol. The van der Waals surface area contributed by atoms with Crippen molar-refractivity contribution in [3.63, 3.8) is 0 Å². The van der Waals surface area contributed by atoms with Crippen LogP contribution in [0.1, 0.15) is 50.0 Å². The minimum absolute atomic E-state index is 0.0146. The van der Waals surface area contributed by atoms with Gasteiger partial charge in [-0.2, -0.15) is 0 Å². The molecule has 1 aromatic rings. The molecule has 5 nitrogen and oxygen atoms in total. The molecule has 0 atom stereocenters. The average molecular weight is 276 g/mol. The first-order valence-corrected chi connectivity index (χ1v) is 7.42. The van der Waals surface area contributed by atoms with Crippen LogP contribution < -0.4 is 5.32 Å². The molecule has 0 aliphatic heterocycles. The lowest BCUT2D eigenvalue weighted by Crippen LogP contribution is -2.41. The topological polar surface area (TPSA) is 58.1 Å². The predicted octanol–water partition coefficient (Wildman–Crippen LogP) is 2.56. The molecule has 110 valence electrons. The standard InChI is InChI=1S/C15H24N4O/c1-11(2)10-19(12-6-4-5-7-12)15(20)13-8-18-14(16-3)9-17-13/h8-9,11-12H,4-7,10H2,1-3H3,(H,16,18). The summed E-state index contributed by atoms with van der Waals surface area (Å²) in [4.78, 5) is 23.1. The van der Waals surface area contributed by atoms with Gasteiger partial charge in [0.25, 0.3) is 5.91 Å². The highest BCUT2D eigenvalue weighted by atomic mass is 16.2. The number of aromatic nitrogens is 2. The molecule has 0 bridgehead atoms. The van der Waals surface area contributed by atoms with Crippen LogP contribution in [-0.4, -0.2) is 40.4 Å². The third-order valence-electron chi connectivity index (χ3n) is 3.72. The molecule has 0 unspecified atom stereocenters. The van der Waals surface area contributed by atoms with Crippen LogP contribution in [0.2, 0.25) is 0 Å². The van der Waals surface area contributed by atoms with E-state index in [0.29, 0.717) is 23.5 Å². The van der Waals surface area contributed by atoms with E-state index in [-0.39, 0.29) is 5.91 Å². The largest absolute Gasteiger partial charge is 0.372 e. The van der Waals surface area contributed by atoms with Gasteiger partial charge in [0.2, 0.25) is 0 Å². The molecule has 1 aliphatic carbocycles. The summed E-state index contributed by atoms with van der Waals surface area (Å²) in [5, 5.41) is 2.91. The van der Waals surface area contributed by atoms with Crippen LogP contribution in [0, 0.1) is 5.92 Å². The maximum absolute atomic E-state index is 12.7. The van der Waals surface area contributed by atoms with E-state index in [2.05, 4.69) is 29.1 Å². The van der Waals surface area contributed by atoms with Gasteiger partial charge in [-0.3, -0.25) is 4.79 Å². The van der Waals surface area contributed by atoms with E-state index >= 15 is 0 Å². The second-order valence-corrected chi connectivity index (χ2v) is 5.83. The zero-order chi connectivity index (χ0) is 14.5. The fraction of sp³-hybridized carbons (Fsp3) is 0.667. The second-order valence-electron chi connectivity index (χ2n) is 5.83. The fourth-order valence-corrected chi connectivity index (χ4v) is 2.72. The van der Waals surface area contributed by atoms with Gasteiger partial charge in [-0.05, 0) is 18.8 Å². The summed E-state index contributed by atoms with van der Waals surface area (Å²) in [5.41, 5.74) is 0.441. The molecule has 20 heavy (non-hydrogen) atoms. The SMILES string of the molecule is CNc1cnc(C(=O)N(CC(C)C)C2CCCC2)cn1. The van der Waals surface area contributed by atoms with Crippen molar-refractivity contribution in [2.45, 2.75) is 45.6 Å². The monoisotopic (exact) mass is 276 g/mol. The number of hydrogen-bond acceptors (Lipinski definition) is 4. The van der Waals surface area contributed by atoms with Crippen LogP contribution in [0.25, 0.3) is 0 Å². The Labute approximate surface area is 120 Å². The van der Waals surface area contributed by atoms with Gasteiger partial charge >= 0.3 is 0 Å². The first kappa shape index (κ1) is 14.8. The van der Waals surface area contributed by atoms with E-state index in [9.17, 15) is 4.79 Å². The van der Waals surface area contributed by atoms with Crippen molar-refractivity contribution in [1.82, 2.24) is 14.9 Å². The summed E-state index contributed by atoms with van der Waals surface area (Å²) in [6.45, 7) is 5.08. The first-order valence-electron chi connectivity index (χ1n) is 7.42. The molecular weight excluding hydrogens is 252 g/mol. The molecule has 1 N–H and O–H groups in total. The normalized spacial score (nSPS) is 15.6. The Morgan fingerprint density at radius 2 is 2.05 bits per heavy atom. The lowest BCUT2D eigenvalue weighted by Gasteiger charge is -2.30. The molecule has 1 amide bonds. The second kappa shape index (κ2) is 6.68. The number of amides is 1. The average Bonchev–Trinajstić information content (AvgIpc) is 2.98. The molecule has 1 fully saturated rings. The highest BCUT2D eigenvalue weighted by Crippen LogP contribution is 2.25. The third kappa shape index (κ3) is 3.46. The van der Waals surface area contributed by atoms with Crippen molar-refractivity contribution in [1.29, 1.82) is 0 Å². The fourth-order valence-electron chi connectivity index (χ4n) is 2.72. The van der Waals surface area contributed by atoms with Crippen molar-refractivity contribution < 1.29 is 4.79 Å². The van der Waals surface area contributed by atoms with E-state index in [1.807, 2.05) is 4.90 Å². The number of nitrogens with zero attached hydrogens (tertiary/aromatic N) is 3. The smallest absolute Gasteiger partial charge is 0.274 e. The van der Waals surface area contributed by atoms with Crippen molar-refractivity contribution in [2.24, 2.45) is 5.92 Å². The quantitative estimate of drug-likeness (QED) is 0.898. The Bertz CT molecular complexity index is 438. The summed E-state index contributed by atoms with van der Waals surface area (Å²) in [5.74, 6) is 1.16. The molecule has 0 spiro atoms. The Kier molecular flexibility index (Phi) is 4.93. The van der Waals surface area contributed by atoms with Gasteiger partial charge in [-0.25, -0.2) is 9.97 Å². The van der Waals surface area contributed by atoms with Gasteiger partial charge in [-0.15, -0.1) is 0 Å². The Balaban J connectivity index is 2.15. The van der Waals surface area contributed by atoms with Gasteiger partial charge in [0.05, 0.1) is 12.4 Å². The van der Waals surface area contributed by atoms with E-state index in [1.165, 1.54) is 12.8 Å². The zero-order valence-corrected chi connectivity index (χ0v) is 12.6. The molecule has 0 aromatic carbocycles. The lowest BCUT2D eigenvalue weighted by atomic mass is 10.1. The highest BCUT2D eigenvalue weighted by Gasteiger charge is 2.28.